The average molecular weight is 573 g/mol. The second-order valence-corrected chi connectivity index (χ2v) is 13.3. The lowest BCUT2D eigenvalue weighted by atomic mass is 9.93. The van der Waals surface area contributed by atoms with Gasteiger partial charge in [-0.25, -0.2) is 21.2 Å². The third-order valence-electron chi connectivity index (χ3n) is 6.12. The second kappa shape index (κ2) is 11.6. The molecular formula is C25H30ClFN2O6S2. The highest BCUT2D eigenvalue weighted by Gasteiger charge is 2.45. The molecular weight excluding hydrogens is 543 g/mol. The van der Waals surface area contributed by atoms with Crippen LogP contribution in [0.3, 0.4) is 0 Å². The van der Waals surface area contributed by atoms with Gasteiger partial charge in [-0.2, -0.15) is 4.31 Å². The van der Waals surface area contributed by atoms with Crippen LogP contribution in [0.4, 0.5) is 4.39 Å². The fourth-order valence-corrected chi connectivity index (χ4v) is 6.46. The number of nitrogens with zero attached hydrogens (tertiary/aromatic N) is 1. The van der Waals surface area contributed by atoms with E-state index in [2.05, 4.69) is 5.32 Å². The monoisotopic (exact) mass is 572 g/mol. The number of carbonyl (C=O) groups is 1. The summed E-state index contributed by atoms with van der Waals surface area (Å²) >= 11 is 6.37. The Bertz CT molecular complexity index is 1390. The molecule has 1 amide bonds. The van der Waals surface area contributed by atoms with Crippen LogP contribution in [-0.4, -0.2) is 69.8 Å². The van der Waals surface area contributed by atoms with Crippen LogP contribution in [0, 0.1) is 0 Å². The number of aliphatic hydroxyl groups excluding tert-OH is 1. The molecule has 0 saturated carbocycles. The van der Waals surface area contributed by atoms with Gasteiger partial charge in [-0.1, -0.05) is 41.9 Å². The third-order valence-corrected chi connectivity index (χ3v) is 9.06. The van der Waals surface area contributed by atoms with Crippen molar-refractivity contribution in [2.24, 2.45) is 0 Å². The van der Waals surface area contributed by atoms with Gasteiger partial charge in [0.05, 0.1) is 4.90 Å². The number of carbonyl (C=O) groups excluding carboxylic acids is 1. The summed E-state index contributed by atoms with van der Waals surface area (Å²) in [6, 6.07) is 10.8. The second-order valence-electron chi connectivity index (χ2n) is 9.07. The molecule has 0 radical (unpaired) electrons. The summed E-state index contributed by atoms with van der Waals surface area (Å²) in [5.41, 5.74) is -0.684. The van der Waals surface area contributed by atoms with E-state index in [0.29, 0.717) is 22.6 Å². The zero-order valence-electron chi connectivity index (χ0n) is 20.5. The molecule has 1 atom stereocenters. The van der Waals surface area contributed by atoms with Gasteiger partial charge in [0.25, 0.3) is 5.91 Å². The smallest absolute Gasteiger partial charge is 0.258 e. The van der Waals surface area contributed by atoms with Crippen molar-refractivity contribution in [3.05, 3.63) is 64.5 Å². The Labute approximate surface area is 222 Å². The number of alkyl halides is 1. The van der Waals surface area contributed by atoms with Crippen LogP contribution in [0.25, 0.3) is 11.1 Å². The van der Waals surface area contributed by atoms with E-state index in [1.165, 1.54) is 19.1 Å². The number of hydrogen-bond donors (Lipinski definition) is 2. The highest BCUT2D eigenvalue weighted by Crippen LogP contribution is 2.37. The Kier molecular flexibility index (Phi) is 9.18. The largest absolute Gasteiger partial charge is 0.396 e. The standard InChI is InChI=1S/C25H30ClFN2O6S2/c1-18(10-16-36(2,32)33)28-24(31)25(27)11-13-29(14-12-25)37(34,35)23-8-7-19(9-15-30)17-21(23)20-5-3-4-6-22(20)26/h3-8,10,16-18,30H,9,11-15H2,1-2H3,(H,28,31)/b16-10-/t18-/m1/s1. The summed E-state index contributed by atoms with van der Waals surface area (Å²) in [7, 11) is -7.47. The van der Waals surface area contributed by atoms with E-state index >= 15 is 4.39 Å². The maximum atomic E-state index is 15.5. The van der Waals surface area contributed by atoms with Gasteiger partial charge in [0.1, 0.15) is 0 Å². The molecule has 2 aromatic rings. The van der Waals surface area contributed by atoms with Gasteiger partial charge in [0.15, 0.2) is 15.5 Å². The van der Waals surface area contributed by atoms with Crippen LogP contribution in [0.15, 0.2) is 58.8 Å². The van der Waals surface area contributed by atoms with Crippen molar-refractivity contribution in [1.82, 2.24) is 9.62 Å². The van der Waals surface area contributed by atoms with E-state index in [4.69, 9.17) is 11.6 Å². The first-order valence-electron chi connectivity index (χ1n) is 11.6. The predicted octanol–water partition coefficient (Wildman–Crippen LogP) is 3.10. The summed E-state index contributed by atoms with van der Waals surface area (Å²) in [6.07, 6.45) is 1.86. The highest BCUT2D eigenvalue weighted by atomic mass is 35.5. The minimum Gasteiger partial charge on any atom is -0.396 e. The summed E-state index contributed by atoms with van der Waals surface area (Å²) in [6.45, 7) is 0.961. The van der Waals surface area contributed by atoms with Gasteiger partial charge in [-0.3, -0.25) is 4.79 Å². The molecule has 1 heterocycles. The Morgan fingerprint density at radius 1 is 1.16 bits per heavy atom. The summed E-state index contributed by atoms with van der Waals surface area (Å²) in [4.78, 5) is 12.6. The lowest BCUT2D eigenvalue weighted by Gasteiger charge is -2.35. The Morgan fingerprint density at radius 2 is 1.81 bits per heavy atom. The first-order chi connectivity index (χ1) is 17.3. The fraction of sp³-hybridized carbons (Fsp3) is 0.400. The van der Waals surface area contributed by atoms with Crippen molar-refractivity contribution in [3.63, 3.8) is 0 Å². The summed E-state index contributed by atoms with van der Waals surface area (Å²) in [5.74, 6) is -0.916. The number of aliphatic hydroxyl groups is 1. The number of piperidine rings is 1. The van der Waals surface area contributed by atoms with Crippen molar-refractivity contribution in [1.29, 1.82) is 0 Å². The predicted molar refractivity (Wildman–Crippen MR) is 141 cm³/mol. The fourth-order valence-electron chi connectivity index (χ4n) is 4.07. The number of nitrogens with one attached hydrogen (secondary N) is 1. The molecule has 0 aromatic heterocycles. The highest BCUT2D eigenvalue weighted by molar-refractivity contribution is 7.93. The van der Waals surface area contributed by atoms with Gasteiger partial charge in [0.2, 0.25) is 10.0 Å². The quantitative estimate of drug-likeness (QED) is 0.476. The molecule has 2 N–H and O–H groups in total. The van der Waals surface area contributed by atoms with Crippen LogP contribution in [0.2, 0.25) is 5.02 Å². The Morgan fingerprint density at radius 3 is 2.41 bits per heavy atom. The third kappa shape index (κ3) is 7.17. The topological polar surface area (TPSA) is 121 Å². The van der Waals surface area contributed by atoms with Crippen molar-refractivity contribution < 1.29 is 31.1 Å². The normalized spacial score (nSPS) is 17.5. The molecule has 3 rings (SSSR count). The number of amides is 1. The molecule has 8 nitrogen and oxygen atoms in total. The van der Waals surface area contributed by atoms with Gasteiger partial charge in [-0.15, -0.1) is 0 Å². The van der Waals surface area contributed by atoms with Crippen LogP contribution in [-0.2, 0) is 31.1 Å². The summed E-state index contributed by atoms with van der Waals surface area (Å²) < 4.78 is 66.4. The Hall–Kier alpha value is -2.31. The molecule has 202 valence electrons. The first-order valence-corrected chi connectivity index (χ1v) is 15.4. The van der Waals surface area contributed by atoms with E-state index in [0.717, 1.165) is 21.5 Å². The number of hydrogen-bond acceptors (Lipinski definition) is 6. The van der Waals surface area contributed by atoms with Gasteiger partial charge >= 0.3 is 0 Å². The van der Waals surface area contributed by atoms with Crippen molar-refractivity contribution in [3.8, 4) is 11.1 Å². The molecule has 0 unspecified atom stereocenters. The summed E-state index contributed by atoms with van der Waals surface area (Å²) in [5, 5.41) is 13.1. The maximum absolute atomic E-state index is 15.5. The van der Waals surface area contributed by atoms with Crippen molar-refractivity contribution in [2.45, 2.75) is 42.8 Å². The lowest BCUT2D eigenvalue weighted by Crippen LogP contribution is -2.53. The van der Waals surface area contributed by atoms with Gasteiger partial charge in [0, 0.05) is 66.4 Å². The number of sulfone groups is 1. The maximum Gasteiger partial charge on any atom is 0.258 e. The molecule has 1 aliphatic rings. The van der Waals surface area contributed by atoms with Gasteiger partial charge in [-0.05, 0) is 37.1 Å². The number of benzene rings is 2. The molecule has 1 saturated heterocycles. The molecule has 0 spiro atoms. The minimum atomic E-state index is -4.08. The molecule has 2 aromatic carbocycles. The van der Waals surface area contributed by atoms with E-state index in [9.17, 15) is 26.7 Å². The number of halogens is 2. The van der Waals surface area contributed by atoms with Crippen LogP contribution >= 0.6 is 11.6 Å². The van der Waals surface area contributed by atoms with E-state index in [-0.39, 0.29) is 37.4 Å². The van der Waals surface area contributed by atoms with Crippen LogP contribution in [0.1, 0.15) is 25.3 Å². The molecule has 0 aliphatic carbocycles. The molecule has 1 fully saturated rings. The number of sulfonamides is 1. The molecule has 12 heteroatoms. The average Bonchev–Trinajstić information content (AvgIpc) is 2.83. The number of rotatable bonds is 9. The molecule has 1 aliphatic heterocycles. The Balaban J connectivity index is 1.83. The van der Waals surface area contributed by atoms with Crippen LogP contribution < -0.4 is 5.32 Å². The van der Waals surface area contributed by atoms with Gasteiger partial charge < -0.3 is 10.4 Å². The molecule has 0 bridgehead atoms. The zero-order chi connectivity index (χ0) is 27.4. The zero-order valence-corrected chi connectivity index (χ0v) is 22.9. The van der Waals surface area contributed by atoms with Crippen molar-refractivity contribution >= 4 is 37.4 Å². The molecule has 37 heavy (non-hydrogen) atoms. The first kappa shape index (κ1) is 29.2. The van der Waals surface area contributed by atoms with Crippen molar-refractivity contribution in [2.75, 3.05) is 26.0 Å². The lowest BCUT2D eigenvalue weighted by molar-refractivity contribution is -0.135. The van der Waals surface area contributed by atoms with Crippen LogP contribution in [0.5, 0.6) is 0 Å². The van der Waals surface area contributed by atoms with E-state index in [1.807, 2.05) is 0 Å². The SMILES string of the molecule is C[C@H](/C=C\S(C)(=O)=O)NC(=O)C1(F)CCN(S(=O)(=O)c2ccc(CCO)cc2-c2ccccc2Cl)CC1. The minimum absolute atomic E-state index is 0.00219. The van der Waals surface area contributed by atoms with E-state index in [1.54, 1.807) is 36.4 Å². The van der Waals surface area contributed by atoms with E-state index < -0.39 is 37.5 Å².